The zero-order chi connectivity index (χ0) is 10.8. The van der Waals surface area contributed by atoms with Crippen molar-refractivity contribution in [1.29, 1.82) is 0 Å². The Hall–Kier alpha value is -0.710. The molecule has 0 saturated heterocycles. The highest BCUT2D eigenvalue weighted by Crippen LogP contribution is 2.26. The molecule has 0 fully saturated rings. The Morgan fingerprint density at radius 2 is 2.13 bits per heavy atom. The van der Waals surface area contributed by atoms with Crippen LogP contribution in [0.1, 0.15) is 16.5 Å². The third-order valence-electron chi connectivity index (χ3n) is 2.15. The molecule has 2 rings (SSSR count). The molecule has 78 valence electrons. The quantitative estimate of drug-likeness (QED) is 0.895. The average molecular weight is 286 g/mol. The number of thiophene rings is 1. The summed E-state index contributed by atoms with van der Waals surface area (Å²) in [6.45, 7) is 0. The fourth-order valence-electron chi connectivity index (χ4n) is 1.34. The van der Waals surface area contributed by atoms with Crippen LogP contribution in [0.5, 0.6) is 0 Å². The molecule has 1 aromatic carbocycles. The van der Waals surface area contributed by atoms with Gasteiger partial charge in [-0.2, -0.15) is 0 Å². The molecule has 2 N–H and O–H groups in total. The molecule has 0 aliphatic rings. The van der Waals surface area contributed by atoms with Gasteiger partial charge >= 0.3 is 0 Å². The highest BCUT2D eigenvalue weighted by molar-refractivity contribution is 9.10. The Morgan fingerprint density at radius 1 is 1.33 bits per heavy atom. The van der Waals surface area contributed by atoms with E-state index in [1.54, 1.807) is 23.5 Å². The van der Waals surface area contributed by atoms with Crippen molar-refractivity contribution in [3.8, 4) is 0 Å². The SMILES string of the molecule is NC(c1ccc(F)c(Br)c1)c1cccs1. The second-order valence-electron chi connectivity index (χ2n) is 3.17. The van der Waals surface area contributed by atoms with E-state index in [-0.39, 0.29) is 11.9 Å². The van der Waals surface area contributed by atoms with Crippen molar-refractivity contribution >= 4 is 27.3 Å². The van der Waals surface area contributed by atoms with Crippen molar-refractivity contribution in [3.63, 3.8) is 0 Å². The molecule has 1 heterocycles. The summed E-state index contributed by atoms with van der Waals surface area (Å²) in [5, 5.41) is 1.98. The van der Waals surface area contributed by atoms with Crippen LogP contribution >= 0.6 is 27.3 Å². The van der Waals surface area contributed by atoms with Crippen LogP contribution in [-0.4, -0.2) is 0 Å². The molecule has 0 bridgehead atoms. The molecule has 0 spiro atoms. The summed E-state index contributed by atoms with van der Waals surface area (Å²) >= 11 is 4.75. The molecule has 2 aromatic rings. The van der Waals surface area contributed by atoms with Gasteiger partial charge in [0, 0.05) is 4.88 Å². The van der Waals surface area contributed by atoms with Gasteiger partial charge in [-0.3, -0.25) is 0 Å². The predicted octanol–water partition coefficient (Wildman–Crippen LogP) is 3.70. The van der Waals surface area contributed by atoms with Gasteiger partial charge in [-0.25, -0.2) is 4.39 Å². The Bertz CT molecular complexity index is 456. The highest BCUT2D eigenvalue weighted by atomic mass is 79.9. The summed E-state index contributed by atoms with van der Waals surface area (Å²) < 4.78 is 13.5. The van der Waals surface area contributed by atoms with Gasteiger partial charge in [0.15, 0.2) is 0 Å². The summed E-state index contributed by atoms with van der Waals surface area (Å²) in [6, 6.07) is 8.61. The van der Waals surface area contributed by atoms with Crippen LogP contribution in [0.4, 0.5) is 4.39 Å². The van der Waals surface area contributed by atoms with Gasteiger partial charge in [-0.15, -0.1) is 11.3 Å². The Morgan fingerprint density at radius 3 is 2.73 bits per heavy atom. The second kappa shape index (κ2) is 4.43. The summed E-state index contributed by atoms with van der Waals surface area (Å²) in [4.78, 5) is 1.08. The third kappa shape index (κ3) is 2.27. The molecule has 0 radical (unpaired) electrons. The lowest BCUT2D eigenvalue weighted by Gasteiger charge is -2.10. The van der Waals surface area contributed by atoms with Crippen molar-refractivity contribution in [2.75, 3.05) is 0 Å². The molecule has 15 heavy (non-hydrogen) atoms. The lowest BCUT2D eigenvalue weighted by Crippen LogP contribution is -2.10. The van der Waals surface area contributed by atoms with E-state index in [1.165, 1.54) is 6.07 Å². The number of hydrogen-bond donors (Lipinski definition) is 1. The van der Waals surface area contributed by atoms with E-state index in [0.29, 0.717) is 4.47 Å². The topological polar surface area (TPSA) is 26.0 Å². The number of halogens is 2. The molecular formula is C11H9BrFNS. The smallest absolute Gasteiger partial charge is 0.137 e. The second-order valence-corrected chi connectivity index (χ2v) is 5.00. The summed E-state index contributed by atoms with van der Waals surface area (Å²) in [5.74, 6) is -0.267. The van der Waals surface area contributed by atoms with Gasteiger partial charge in [0.25, 0.3) is 0 Å². The monoisotopic (exact) mass is 285 g/mol. The molecule has 4 heteroatoms. The van der Waals surface area contributed by atoms with Crippen LogP contribution in [0.3, 0.4) is 0 Å². The molecule has 1 aromatic heterocycles. The maximum absolute atomic E-state index is 13.0. The van der Waals surface area contributed by atoms with Crippen molar-refractivity contribution in [3.05, 3.63) is 56.4 Å². The van der Waals surface area contributed by atoms with Crippen LogP contribution in [0.2, 0.25) is 0 Å². The lowest BCUT2D eigenvalue weighted by atomic mass is 10.1. The van der Waals surface area contributed by atoms with E-state index in [2.05, 4.69) is 15.9 Å². The van der Waals surface area contributed by atoms with E-state index in [9.17, 15) is 4.39 Å². The summed E-state index contributed by atoms with van der Waals surface area (Å²) in [6.07, 6.45) is 0. The van der Waals surface area contributed by atoms with Crippen LogP contribution in [-0.2, 0) is 0 Å². The standard InChI is InChI=1S/C11H9BrFNS/c12-8-6-7(3-4-9(8)13)11(14)10-2-1-5-15-10/h1-6,11H,14H2. The minimum absolute atomic E-state index is 0.179. The van der Waals surface area contributed by atoms with Gasteiger partial charge in [0.2, 0.25) is 0 Å². The number of benzene rings is 1. The first-order chi connectivity index (χ1) is 7.18. The Balaban J connectivity index is 2.34. The molecule has 1 nitrogen and oxygen atoms in total. The van der Waals surface area contributed by atoms with Gasteiger partial charge in [0.05, 0.1) is 10.5 Å². The first-order valence-corrected chi connectivity index (χ1v) is 6.09. The van der Waals surface area contributed by atoms with E-state index in [4.69, 9.17) is 5.73 Å². The fraction of sp³-hybridized carbons (Fsp3) is 0.0909. The normalized spacial score (nSPS) is 12.7. The van der Waals surface area contributed by atoms with E-state index in [0.717, 1.165) is 10.4 Å². The fourth-order valence-corrected chi connectivity index (χ4v) is 2.49. The maximum Gasteiger partial charge on any atom is 0.137 e. The summed E-state index contributed by atoms with van der Waals surface area (Å²) in [5.41, 5.74) is 6.95. The molecule has 1 unspecified atom stereocenters. The van der Waals surface area contributed by atoms with Gasteiger partial charge in [-0.1, -0.05) is 12.1 Å². The lowest BCUT2D eigenvalue weighted by molar-refractivity contribution is 0.619. The van der Waals surface area contributed by atoms with E-state index < -0.39 is 0 Å². The van der Waals surface area contributed by atoms with Crippen molar-refractivity contribution < 1.29 is 4.39 Å². The van der Waals surface area contributed by atoms with Gasteiger partial charge in [0.1, 0.15) is 5.82 Å². The van der Waals surface area contributed by atoms with Crippen LogP contribution in [0, 0.1) is 5.82 Å². The molecule has 0 aliphatic carbocycles. The third-order valence-corrected chi connectivity index (χ3v) is 3.72. The minimum atomic E-state index is -0.267. The number of hydrogen-bond acceptors (Lipinski definition) is 2. The zero-order valence-electron chi connectivity index (χ0n) is 7.78. The number of nitrogens with two attached hydrogens (primary N) is 1. The molecule has 1 atom stereocenters. The largest absolute Gasteiger partial charge is 0.320 e. The number of rotatable bonds is 2. The predicted molar refractivity (Wildman–Crippen MR) is 64.4 cm³/mol. The van der Waals surface area contributed by atoms with Gasteiger partial charge in [-0.05, 0) is 45.1 Å². The molecule has 0 aliphatic heterocycles. The average Bonchev–Trinajstić information content (AvgIpc) is 2.74. The van der Waals surface area contributed by atoms with E-state index >= 15 is 0 Å². The minimum Gasteiger partial charge on any atom is -0.320 e. The first-order valence-electron chi connectivity index (χ1n) is 4.42. The highest BCUT2D eigenvalue weighted by Gasteiger charge is 2.11. The zero-order valence-corrected chi connectivity index (χ0v) is 10.2. The first kappa shape index (κ1) is 10.8. The van der Waals surface area contributed by atoms with E-state index in [1.807, 2.05) is 17.5 Å². The molecular weight excluding hydrogens is 277 g/mol. The van der Waals surface area contributed by atoms with Crippen LogP contribution in [0.15, 0.2) is 40.2 Å². The molecule has 0 amide bonds. The molecule has 0 saturated carbocycles. The van der Waals surface area contributed by atoms with Crippen molar-refractivity contribution in [2.45, 2.75) is 6.04 Å². The Kier molecular flexibility index (Phi) is 3.19. The van der Waals surface area contributed by atoms with Gasteiger partial charge < -0.3 is 5.73 Å². The van der Waals surface area contributed by atoms with Crippen LogP contribution in [0.25, 0.3) is 0 Å². The van der Waals surface area contributed by atoms with Crippen molar-refractivity contribution in [2.24, 2.45) is 5.73 Å². The van der Waals surface area contributed by atoms with Crippen molar-refractivity contribution in [1.82, 2.24) is 0 Å². The summed E-state index contributed by atoms with van der Waals surface area (Å²) in [7, 11) is 0. The maximum atomic E-state index is 13.0. The van der Waals surface area contributed by atoms with Crippen LogP contribution < -0.4 is 5.73 Å². The Labute approximate surface area is 99.9 Å².